The third-order valence-electron chi connectivity index (χ3n) is 5.99. The Morgan fingerprint density at radius 2 is 1.49 bits per heavy atom. The van der Waals surface area contributed by atoms with E-state index in [0.29, 0.717) is 24.5 Å². The van der Waals surface area contributed by atoms with E-state index in [1.165, 1.54) is 22.3 Å². The van der Waals surface area contributed by atoms with Gasteiger partial charge in [-0.25, -0.2) is 13.1 Å². The highest BCUT2D eigenvalue weighted by Gasteiger charge is 2.35. The topological polar surface area (TPSA) is 92.1 Å². The Kier molecular flexibility index (Phi) is 7.94. The number of rotatable bonds is 10. The second-order valence-corrected chi connectivity index (χ2v) is 10.1. The van der Waals surface area contributed by atoms with Crippen molar-refractivity contribution in [3.63, 3.8) is 0 Å². The van der Waals surface area contributed by atoms with Gasteiger partial charge in [-0.1, -0.05) is 24.3 Å². The van der Waals surface area contributed by atoms with Crippen molar-refractivity contribution < 1.29 is 27.4 Å². The molecular weight excluding hydrogens is 470 g/mol. The Hall–Kier alpha value is -3.08. The molecule has 0 N–H and O–H groups in total. The zero-order valence-corrected chi connectivity index (χ0v) is 21.0. The molecule has 2 heterocycles. The number of methoxy groups -OCH3 is 3. The molecule has 1 fully saturated rings. The molecule has 2 aromatic carbocycles. The Morgan fingerprint density at radius 1 is 0.914 bits per heavy atom. The molecule has 1 unspecified atom stereocenters. The third-order valence-corrected chi connectivity index (χ3v) is 7.80. The minimum absolute atomic E-state index is 0.00563. The van der Waals surface area contributed by atoms with E-state index in [1.807, 2.05) is 48.5 Å². The number of ether oxygens (including phenoxy) is 4. The lowest BCUT2D eigenvalue weighted by molar-refractivity contribution is -0.0453. The van der Waals surface area contributed by atoms with Gasteiger partial charge in [0.2, 0.25) is 5.03 Å². The van der Waals surface area contributed by atoms with Crippen LogP contribution in [-0.4, -0.2) is 50.4 Å². The van der Waals surface area contributed by atoms with Crippen LogP contribution >= 0.6 is 0 Å². The van der Waals surface area contributed by atoms with Crippen LogP contribution in [0, 0.1) is 0 Å². The second kappa shape index (κ2) is 11.1. The van der Waals surface area contributed by atoms with Gasteiger partial charge in [-0.2, -0.15) is 9.40 Å². The smallest absolute Gasteiger partial charge is 0.264 e. The van der Waals surface area contributed by atoms with Crippen molar-refractivity contribution in [2.24, 2.45) is 0 Å². The van der Waals surface area contributed by atoms with Gasteiger partial charge in [0.25, 0.3) is 10.0 Å². The Balaban J connectivity index is 1.73. The molecule has 1 atom stereocenters. The third kappa shape index (κ3) is 5.61. The van der Waals surface area contributed by atoms with Crippen LogP contribution in [0.4, 0.5) is 0 Å². The summed E-state index contributed by atoms with van der Waals surface area (Å²) in [7, 11) is 0.589. The van der Waals surface area contributed by atoms with Crippen LogP contribution in [0.2, 0.25) is 0 Å². The van der Waals surface area contributed by atoms with Crippen molar-refractivity contribution in [1.29, 1.82) is 0 Å². The number of nitrogens with zero attached hydrogens (tertiary/aromatic N) is 3. The van der Waals surface area contributed by atoms with Crippen LogP contribution in [-0.2, 0) is 27.8 Å². The first kappa shape index (κ1) is 25.0. The largest absolute Gasteiger partial charge is 0.497 e. The first-order valence-electron chi connectivity index (χ1n) is 11.5. The minimum atomic E-state index is -4.04. The lowest BCUT2D eigenvalue weighted by Crippen LogP contribution is -2.33. The van der Waals surface area contributed by atoms with Gasteiger partial charge in [0.15, 0.2) is 12.0 Å². The summed E-state index contributed by atoms with van der Waals surface area (Å²) in [6.07, 6.45) is 3.54. The van der Waals surface area contributed by atoms with E-state index in [4.69, 9.17) is 18.9 Å². The van der Waals surface area contributed by atoms with Crippen LogP contribution in [0.25, 0.3) is 0 Å². The van der Waals surface area contributed by atoms with Gasteiger partial charge >= 0.3 is 0 Å². The van der Waals surface area contributed by atoms with Crippen molar-refractivity contribution in [2.75, 3.05) is 27.9 Å². The molecule has 3 aromatic rings. The summed E-state index contributed by atoms with van der Waals surface area (Å²) in [6.45, 7) is 0.865. The Bertz CT molecular complexity index is 1150. The Morgan fingerprint density at radius 3 is 1.94 bits per heavy atom. The summed E-state index contributed by atoms with van der Waals surface area (Å²) in [5, 5.41) is 4.34. The molecule has 1 saturated heterocycles. The highest BCUT2D eigenvalue weighted by molar-refractivity contribution is 7.89. The SMILES string of the molecule is COc1ccc(CN(Cc2ccc(OC)cc2)S(=O)(=O)c2c(OC)cnn2C2CCCCO2)cc1. The van der Waals surface area contributed by atoms with E-state index in [2.05, 4.69) is 5.10 Å². The predicted molar refractivity (Wildman–Crippen MR) is 130 cm³/mol. The first-order valence-corrected chi connectivity index (χ1v) is 12.9. The number of hydrogen-bond acceptors (Lipinski definition) is 7. The van der Waals surface area contributed by atoms with Crippen LogP contribution in [0.15, 0.2) is 59.8 Å². The molecule has 0 radical (unpaired) electrons. The quantitative estimate of drug-likeness (QED) is 0.415. The molecule has 1 aromatic heterocycles. The molecule has 0 spiro atoms. The second-order valence-electron chi connectivity index (χ2n) is 8.25. The zero-order chi connectivity index (χ0) is 24.8. The van der Waals surface area contributed by atoms with Gasteiger partial charge in [0.1, 0.15) is 11.5 Å². The molecule has 10 heteroatoms. The zero-order valence-electron chi connectivity index (χ0n) is 20.2. The fourth-order valence-electron chi connectivity index (χ4n) is 4.06. The Labute approximate surface area is 206 Å². The van der Waals surface area contributed by atoms with Crippen LogP contribution in [0.5, 0.6) is 17.2 Å². The molecule has 0 saturated carbocycles. The highest BCUT2D eigenvalue weighted by Crippen LogP contribution is 2.34. The van der Waals surface area contributed by atoms with E-state index < -0.39 is 16.3 Å². The van der Waals surface area contributed by atoms with E-state index >= 15 is 0 Å². The van der Waals surface area contributed by atoms with Crippen LogP contribution < -0.4 is 14.2 Å². The van der Waals surface area contributed by atoms with Crippen LogP contribution in [0.1, 0.15) is 36.6 Å². The fraction of sp³-hybridized carbons (Fsp3) is 0.400. The van der Waals surface area contributed by atoms with E-state index in [-0.39, 0.29) is 23.9 Å². The summed E-state index contributed by atoms with van der Waals surface area (Å²) in [5.74, 6) is 1.59. The normalized spacial score (nSPS) is 16.3. The van der Waals surface area contributed by atoms with Crippen molar-refractivity contribution in [3.8, 4) is 17.2 Å². The number of benzene rings is 2. The number of aromatic nitrogens is 2. The molecule has 0 bridgehead atoms. The molecule has 188 valence electrons. The highest BCUT2D eigenvalue weighted by atomic mass is 32.2. The molecule has 35 heavy (non-hydrogen) atoms. The average Bonchev–Trinajstić information content (AvgIpc) is 3.35. The minimum Gasteiger partial charge on any atom is -0.497 e. The predicted octanol–water partition coefficient (Wildman–Crippen LogP) is 4.00. The molecule has 0 aliphatic carbocycles. The van der Waals surface area contributed by atoms with Gasteiger partial charge < -0.3 is 18.9 Å². The maximum Gasteiger partial charge on any atom is 0.264 e. The van der Waals surface area contributed by atoms with Gasteiger partial charge in [0, 0.05) is 19.7 Å². The van der Waals surface area contributed by atoms with E-state index in [1.54, 1.807) is 14.2 Å². The van der Waals surface area contributed by atoms with Crippen molar-refractivity contribution >= 4 is 10.0 Å². The molecule has 1 aliphatic rings. The summed E-state index contributed by atoms with van der Waals surface area (Å²) in [4.78, 5) is 0. The number of hydrogen-bond donors (Lipinski definition) is 0. The summed E-state index contributed by atoms with van der Waals surface area (Å²) in [5.41, 5.74) is 1.64. The fourth-order valence-corrected chi connectivity index (χ4v) is 5.73. The summed E-state index contributed by atoms with van der Waals surface area (Å²) >= 11 is 0. The molecule has 9 nitrogen and oxygen atoms in total. The lowest BCUT2D eigenvalue weighted by atomic mass is 10.2. The van der Waals surface area contributed by atoms with E-state index in [0.717, 1.165) is 24.0 Å². The monoisotopic (exact) mass is 501 g/mol. The van der Waals surface area contributed by atoms with Gasteiger partial charge in [-0.15, -0.1) is 0 Å². The van der Waals surface area contributed by atoms with E-state index in [9.17, 15) is 8.42 Å². The molecule has 0 amide bonds. The number of sulfonamides is 1. The van der Waals surface area contributed by atoms with Gasteiger partial charge in [-0.05, 0) is 54.7 Å². The van der Waals surface area contributed by atoms with Crippen LogP contribution in [0.3, 0.4) is 0 Å². The van der Waals surface area contributed by atoms with Crippen molar-refractivity contribution in [1.82, 2.24) is 14.1 Å². The maximum atomic E-state index is 14.2. The van der Waals surface area contributed by atoms with Gasteiger partial charge in [-0.3, -0.25) is 0 Å². The maximum absolute atomic E-state index is 14.2. The van der Waals surface area contributed by atoms with Crippen molar-refractivity contribution in [3.05, 3.63) is 65.9 Å². The molecule has 1 aliphatic heterocycles. The average molecular weight is 502 g/mol. The molecule has 4 rings (SSSR count). The standard InChI is InChI=1S/C25H31N3O6S/c1-31-21-11-7-19(8-12-21)17-27(18-20-9-13-22(32-2)14-10-20)35(29,30)25-23(33-3)16-26-28(25)24-6-4-5-15-34-24/h7-14,16,24H,4-6,15,17-18H2,1-3H3. The van der Waals surface area contributed by atoms with Gasteiger partial charge in [0.05, 0.1) is 27.5 Å². The lowest BCUT2D eigenvalue weighted by Gasteiger charge is -2.27. The summed E-state index contributed by atoms with van der Waals surface area (Å²) in [6, 6.07) is 14.7. The van der Waals surface area contributed by atoms with Crippen molar-refractivity contribution in [2.45, 2.75) is 43.6 Å². The molecular formula is C25H31N3O6S. The first-order chi connectivity index (χ1) is 17.0. The summed E-state index contributed by atoms with van der Waals surface area (Å²) < 4.78 is 53.0.